The molecule has 0 aliphatic carbocycles. The first-order valence-electron chi connectivity index (χ1n) is 7.36. The van der Waals surface area contributed by atoms with Crippen LogP contribution in [0.3, 0.4) is 0 Å². The van der Waals surface area contributed by atoms with Gasteiger partial charge in [-0.1, -0.05) is 23.7 Å². The summed E-state index contributed by atoms with van der Waals surface area (Å²) < 4.78 is 10.3. The van der Waals surface area contributed by atoms with E-state index in [1.165, 1.54) is 13.2 Å². The largest absolute Gasteiger partial charge is 0.546 e. The average Bonchev–Trinajstić information content (AvgIpc) is 2.60. The van der Waals surface area contributed by atoms with Crippen LogP contribution in [0.5, 0.6) is 11.5 Å². The van der Waals surface area contributed by atoms with E-state index in [9.17, 15) is 14.7 Å². The number of anilines is 1. The van der Waals surface area contributed by atoms with Crippen LogP contribution in [0.2, 0.25) is 5.02 Å². The van der Waals surface area contributed by atoms with Gasteiger partial charge in [0.2, 0.25) is 0 Å². The Kier molecular flexibility index (Phi) is 4.67. The van der Waals surface area contributed by atoms with Gasteiger partial charge < -0.3 is 30.0 Å². The molecule has 0 fully saturated rings. The quantitative estimate of drug-likeness (QED) is 0.833. The molecule has 3 rings (SSSR count). The molecule has 0 unspecified atom stereocenters. The van der Waals surface area contributed by atoms with Crippen LogP contribution in [0.25, 0.3) is 0 Å². The number of methoxy groups -OCH3 is 1. The molecule has 2 aromatic carbocycles. The minimum Gasteiger partial charge on any atom is -0.546 e. The highest BCUT2D eigenvalue weighted by Crippen LogP contribution is 2.37. The molecule has 0 spiro atoms. The highest BCUT2D eigenvalue weighted by molar-refractivity contribution is 6.31. The van der Waals surface area contributed by atoms with Crippen molar-refractivity contribution in [2.24, 2.45) is 0 Å². The van der Waals surface area contributed by atoms with Crippen LogP contribution in [0.1, 0.15) is 22.1 Å². The summed E-state index contributed by atoms with van der Waals surface area (Å²) in [4.78, 5) is 22.8. The number of carboxylic acid groups (broad SMARTS) is 1. The molecule has 2 aromatic rings. The predicted octanol–water partition coefficient (Wildman–Crippen LogP) is 1.33. The minimum atomic E-state index is -1.36. The maximum absolute atomic E-state index is 12.3. The molecule has 1 aliphatic rings. The van der Waals surface area contributed by atoms with Crippen molar-refractivity contribution < 1.29 is 24.2 Å². The minimum absolute atomic E-state index is 0.169. The molecule has 7 nitrogen and oxygen atoms in total. The lowest BCUT2D eigenvalue weighted by Gasteiger charge is -2.29. The molecule has 25 heavy (non-hydrogen) atoms. The highest BCUT2D eigenvalue weighted by Gasteiger charge is 2.26. The van der Waals surface area contributed by atoms with Crippen LogP contribution >= 0.6 is 11.6 Å². The third-order valence-electron chi connectivity index (χ3n) is 3.69. The average molecular weight is 362 g/mol. The van der Waals surface area contributed by atoms with Crippen molar-refractivity contribution in [2.45, 2.75) is 6.17 Å². The second-order valence-corrected chi connectivity index (χ2v) is 5.69. The van der Waals surface area contributed by atoms with E-state index >= 15 is 0 Å². The molecule has 1 aliphatic heterocycles. The second kappa shape index (κ2) is 6.90. The summed E-state index contributed by atoms with van der Waals surface area (Å²) in [5.74, 6) is -1.13. The lowest BCUT2D eigenvalue weighted by molar-refractivity contribution is -0.307. The molecule has 0 radical (unpaired) electrons. The van der Waals surface area contributed by atoms with Gasteiger partial charge in [-0.05, 0) is 18.2 Å². The van der Waals surface area contributed by atoms with Crippen LogP contribution in [-0.2, 0) is 4.79 Å². The highest BCUT2D eigenvalue weighted by atomic mass is 35.5. The van der Waals surface area contributed by atoms with Gasteiger partial charge in [-0.15, -0.1) is 0 Å². The number of hydrogen-bond donors (Lipinski definition) is 2. The Morgan fingerprint density at radius 2 is 2.00 bits per heavy atom. The van der Waals surface area contributed by atoms with Gasteiger partial charge in [0, 0.05) is 17.3 Å². The third-order valence-corrected chi connectivity index (χ3v) is 4.01. The molecule has 0 bridgehead atoms. The van der Waals surface area contributed by atoms with Crippen molar-refractivity contribution in [3.63, 3.8) is 0 Å². The lowest BCUT2D eigenvalue weighted by atomic mass is 10.1. The zero-order chi connectivity index (χ0) is 18.0. The molecule has 2 N–H and O–H groups in total. The smallest absolute Gasteiger partial charge is 0.255 e. The normalized spacial score (nSPS) is 15.6. The Morgan fingerprint density at radius 3 is 2.72 bits per heavy atom. The number of ether oxygens (including phenoxy) is 2. The number of carbonyl (C=O) groups is 2. The van der Waals surface area contributed by atoms with Crippen LogP contribution < -0.4 is 25.2 Å². The predicted molar refractivity (Wildman–Crippen MR) is 88.8 cm³/mol. The number of benzene rings is 2. The number of carbonyl (C=O) groups excluding carboxylic acids is 2. The van der Waals surface area contributed by atoms with Gasteiger partial charge in [-0.2, -0.15) is 0 Å². The van der Waals surface area contributed by atoms with E-state index in [0.29, 0.717) is 16.8 Å². The van der Waals surface area contributed by atoms with E-state index in [2.05, 4.69) is 10.6 Å². The molecule has 0 saturated heterocycles. The number of nitrogens with one attached hydrogen (secondary N) is 2. The fourth-order valence-corrected chi connectivity index (χ4v) is 2.81. The van der Waals surface area contributed by atoms with Crippen molar-refractivity contribution in [3.05, 3.63) is 52.5 Å². The number of carboxylic acids is 1. The summed E-state index contributed by atoms with van der Waals surface area (Å²) in [7, 11) is 1.42. The Morgan fingerprint density at radius 1 is 1.24 bits per heavy atom. The summed E-state index contributed by atoms with van der Waals surface area (Å²) >= 11 is 6.29. The number of aliphatic carboxylic acids is 1. The summed E-state index contributed by atoms with van der Waals surface area (Å²) in [6.07, 6.45) is -0.570. The van der Waals surface area contributed by atoms with Gasteiger partial charge >= 0.3 is 0 Å². The molecule has 0 saturated carbocycles. The van der Waals surface area contributed by atoms with Gasteiger partial charge in [-0.3, -0.25) is 4.79 Å². The number of rotatable bonds is 5. The van der Waals surface area contributed by atoms with Crippen molar-refractivity contribution in [2.75, 3.05) is 19.0 Å². The van der Waals surface area contributed by atoms with Gasteiger partial charge in [0.1, 0.15) is 12.8 Å². The number of fused-ring (bicyclic) bond motifs is 1. The molecular weight excluding hydrogens is 348 g/mol. The Bertz CT molecular complexity index is 840. The van der Waals surface area contributed by atoms with Gasteiger partial charge in [0.15, 0.2) is 11.5 Å². The van der Waals surface area contributed by atoms with Crippen LogP contribution in [0, 0.1) is 0 Å². The van der Waals surface area contributed by atoms with Crippen LogP contribution in [0.4, 0.5) is 5.69 Å². The van der Waals surface area contributed by atoms with E-state index in [1.807, 2.05) is 6.07 Å². The molecule has 130 valence electrons. The number of halogens is 1. The second-order valence-electron chi connectivity index (χ2n) is 5.28. The van der Waals surface area contributed by atoms with Gasteiger partial charge in [0.05, 0.1) is 23.7 Å². The lowest BCUT2D eigenvalue weighted by Crippen LogP contribution is -2.38. The Labute approximate surface area is 148 Å². The summed E-state index contributed by atoms with van der Waals surface area (Å²) in [6, 6.07) is 10.1. The van der Waals surface area contributed by atoms with E-state index in [-0.39, 0.29) is 22.4 Å². The van der Waals surface area contributed by atoms with E-state index in [0.717, 1.165) is 0 Å². The van der Waals surface area contributed by atoms with Crippen molar-refractivity contribution in [1.82, 2.24) is 5.32 Å². The zero-order valence-electron chi connectivity index (χ0n) is 13.2. The van der Waals surface area contributed by atoms with Crippen LogP contribution in [-0.4, -0.2) is 25.6 Å². The fourth-order valence-electron chi connectivity index (χ4n) is 2.54. The van der Waals surface area contributed by atoms with Gasteiger partial charge in [-0.25, -0.2) is 0 Å². The number of hydrogen-bond acceptors (Lipinski definition) is 6. The topological polar surface area (TPSA) is 99.7 Å². The third kappa shape index (κ3) is 3.46. The number of amides is 1. The maximum Gasteiger partial charge on any atom is 0.255 e. The van der Waals surface area contributed by atoms with Gasteiger partial charge in [0.25, 0.3) is 5.91 Å². The molecular formula is C17H14ClN2O5-. The summed E-state index contributed by atoms with van der Waals surface area (Å²) in [5, 5.41) is 16.8. The Balaban J connectivity index is 1.93. The Hall–Kier alpha value is -2.93. The summed E-state index contributed by atoms with van der Waals surface area (Å²) in [5.41, 5.74) is 1.78. The SMILES string of the molecule is COc1cc([C@H]2NC(=O)c3ccccc3N2)c(Cl)cc1OCC(=O)[O-]. The molecule has 1 heterocycles. The number of para-hydroxylation sites is 1. The first-order chi connectivity index (χ1) is 12.0. The van der Waals surface area contributed by atoms with E-state index < -0.39 is 18.7 Å². The summed E-state index contributed by atoms with van der Waals surface area (Å²) in [6.45, 7) is -0.627. The monoisotopic (exact) mass is 361 g/mol. The molecule has 8 heteroatoms. The van der Waals surface area contributed by atoms with Crippen LogP contribution in [0.15, 0.2) is 36.4 Å². The fraction of sp³-hybridized carbons (Fsp3) is 0.176. The van der Waals surface area contributed by atoms with Crippen molar-refractivity contribution in [1.29, 1.82) is 0 Å². The van der Waals surface area contributed by atoms with E-state index in [1.54, 1.807) is 24.3 Å². The first-order valence-corrected chi connectivity index (χ1v) is 7.74. The maximum atomic E-state index is 12.3. The zero-order valence-corrected chi connectivity index (χ0v) is 13.9. The molecule has 1 atom stereocenters. The first kappa shape index (κ1) is 16.9. The standard InChI is InChI=1S/C17H15ClN2O5/c1-24-13-6-10(11(18)7-14(13)25-8-15(21)22)16-19-12-5-3-2-4-9(12)17(23)20-16/h2-7,16,19H,8H2,1H3,(H,20,23)(H,21,22)/p-1/t16-/m1/s1. The van der Waals surface area contributed by atoms with E-state index in [4.69, 9.17) is 21.1 Å². The van der Waals surface area contributed by atoms with Crippen molar-refractivity contribution in [3.8, 4) is 11.5 Å². The molecule has 1 amide bonds. The molecule has 0 aromatic heterocycles. The van der Waals surface area contributed by atoms with Crippen molar-refractivity contribution >= 4 is 29.2 Å².